The van der Waals surface area contributed by atoms with Crippen molar-refractivity contribution in [3.63, 3.8) is 0 Å². The highest BCUT2D eigenvalue weighted by Crippen LogP contribution is 2.12. The smallest absolute Gasteiger partial charge is 0.131 e. The van der Waals surface area contributed by atoms with E-state index in [1.54, 1.807) is 0 Å². The summed E-state index contributed by atoms with van der Waals surface area (Å²) in [5, 5.41) is 12.0. The van der Waals surface area contributed by atoms with Gasteiger partial charge in [-0.05, 0) is 19.3 Å². The number of nitrogens with one attached hydrogen (secondary N) is 2. The third kappa shape index (κ3) is 5.28. The largest absolute Gasteiger partial charge is 0.396 e. The molecule has 1 heterocycles. The average molecular weight is 255 g/mol. The Labute approximate surface area is 107 Å². The van der Waals surface area contributed by atoms with Gasteiger partial charge in [-0.25, -0.2) is 4.98 Å². The highest BCUT2D eigenvalue weighted by Gasteiger charge is 2.02. The zero-order valence-electron chi connectivity index (χ0n) is 10.5. The van der Waals surface area contributed by atoms with Crippen LogP contribution in [0, 0.1) is 4.64 Å². The van der Waals surface area contributed by atoms with Gasteiger partial charge in [0.1, 0.15) is 16.3 Å². The van der Waals surface area contributed by atoms with E-state index in [1.165, 1.54) is 0 Å². The molecule has 0 spiro atoms. The molecule has 0 aliphatic heterocycles. The van der Waals surface area contributed by atoms with Crippen LogP contribution in [0.2, 0.25) is 0 Å². The fourth-order valence-corrected chi connectivity index (χ4v) is 1.70. The predicted octanol–water partition coefficient (Wildman–Crippen LogP) is 2.84. The summed E-state index contributed by atoms with van der Waals surface area (Å²) in [5.74, 6) is 2.18. The molecule has 96 valence electrons. The van der Waals surface area contributed by atoms with Gasteiger partial charge in [-0.15, -0.1) is 0 Å². The standard InChI is InChI=1S/C12H21N3OS/c1-9(2)12-14-10(8-11(17)15-12)13-6-4-3-5-7-16/h8-9,16H,3-7H2,1-2H3,(H2,13,14,15,17). The zero-order chi connectivity index (χ0) is 12.7. The summed E-state index contributed by atoms with van der Waals surface area (Å²) < 4.78 is 0.616. The molecular weight excluding hydrogens is 234 g/mol. The van der Waals surface area contributed by atoms with Gasteiger partial charge >= 0.3 is 0 Å². The van der Waals surface area contributed by atoms with E-state index < -0.39 is 0 Å². The molecule has 0 radical (unpaired) electrons. The van der Waals surface area contributed by atoms with E-state index in [-0.39, 0.29) is 6.61 Å². The number of aromatic amines is 1. The molecule has 0 bridgehead atoms. The van der Waals surface area contributed by atoms with Gasteiger partial charge < -0.3 is 15.4 Å². The molecule has 4 nitrogen and oxygen atoms in total. The van der Waals surface area contributed by atoms with Crippen molar-refractivity contribution in [1.82, 2.24) is 9.97 Å². The van der Waals surface area contributed by atoms with Crippen LogP contribution in [0.3, 0.4) is 0 Å². The van der Waals surface area contributed by atoms with Crippen molar-refractivity contribution in [2.24, 2.45) is 0 Å². The Morgan fingerprint density at radius 1 is 1.41 bits per heavy atom. The summed E-state index contributed by atoms with van der Waals surface area (Å²) in [6.07, 6.45) is 2.94. The minimum Gasteiger partial charge on any atom is -0.396 e. The van der Waals surface area contributed by atoms with Crippen molar-refractivity contribution in [1.29, 1.82) is 0 Å². The Bertz CT molecular complexity index is 390. The van der Waals surface area contributed by atoms with Crippen LogP contribution in [-0.4, -0.2) is 28.2 Å². The van der Waals surface area contributed by atoms with Gasteiger partial charge in [-0.1, -0.05) is 26.1 Å². The molecule has 0 amide bonds. The molecule has 0 saturated heterocycles. The summed E-state index contributed by atoms with van der Waals surface area (Å²) >= 11 is 5.12. The molecule has 1 rings (SSSR count). The molecule has 0 aliphatic carbocycles. The van der Waals surface area contributed by atoms with E-state index in [9.17, 15) is 0 Å². The van der Waals surface area contributed by atoms with E-state index in [0.29, 0.717) is 10.6 Å². The van der Waals surface area contributed by atoms with E-state index in [2.05, 4.69) is 29.1 Å². The summed E-state index contributed by atoms with van der Waals surface area (Å²) in [5.41, 5.74) is 0. The minimum atomic E-state index is 0.273. The molecule has 0 fully saturated rings. The lowest BCUT2D eigenvalue weighted by molar-refractivity contribution is 0.283. The molecule has 0 unspecified atom stereocenters. The Hall–Kier alpha value is -0.940. The summed E-state index contributed by atoms with van der Waals surface area (Å²) in [6.45, 7) is 5.32. The van der Waals surface area contributed by atoms with Crippen molar-refractivity contribution in [3.05, 3.63) is 16.5 Å². The SMILES string of the molecule is CC(C)c1nc(=S)cc(NCCCCCO)[nH]1. The number of nitrogens with zero attached hydrogens (tertiary/aromatic N) is 1. The second-order valence-electron chi connectivity index (χ2n) is 4.38. The van der Waals surface area contributed by atoms with E-state index in [0.717, 1.165) is 37.4 Å². The molecule has 0 atom stereocenters. The molecule has 1 aromatic rings. The van der Waals surface area contributed by atoms with Crippen molar-refractivity contribution in [2.75, 3.05) is 18.5 Å². The fraction of sp³-hybridized carbons (Fsp3) is 0.667. The van der Waals surface area contributed by atoms with E-state index >= 15 is 0 Å². The van der Waals surface area contributed by atoms with E-state index in [4.69, 9.17) is 17.3 Å². The highest BCUT2D eigenvalue weighted by atomic mass is 32.1. The lowest BCUT2D eigenvalue weighted by atomic mass is 10.2. The molecule has 5 heteroatoms. The maximum absolute atomic E-state index is 8.67. The Balaban J connectivity index is 2.50. The third-order valence-electron chi connectivity index (χ3n) is 2.46. The van der Waals surface area contributed by atoms with Crippen molar-refractivity contribution in [3.8, 4) is 0 Å². The third-order valence-corrected chi connectivity index (χ3v) is 2.67. The van der Waals surface area contributed by atoms with Gasteiger partial charge in [-0.2, -0.15) is 0 Å². The first-order valence-corrected chi connectivity index (χ1v) is 6.50. The molecular formula is C12H21N3OS. The topological polar surface area (TPSA) is 60.9 Å². The quantitative estimate of drug-likeness (QED) is 0.518. The van der Waals surface area contributed by atoms with Crippen LogP contribution < -0.4 is 5.32 Å². The van der Waals surface area contributed by atoms with Crippen LogP contribution in [0.15, 0.2) is 6.07 Å². The van der Waals surface area contributed by atoms with Crippen LogP contribution in [0.5, 0.6) is 0 Å². The van der Waals surface area contributed by atoms with Crippen LogP contribution in [-0.2, 0) is 0 Å². The van der Waals surface area contributed by atoms with Gasteiger partial charge in [0.25, 0.3) is 0 Å². The monoisotopic (exact) mass is 255 g/mol. The van der Waals surface area contributed by atoms with Crippen LogP contribution in [0.4, 0.5) is 5.82 Å². The lowest BCUT2D eigenvalue weighted by Gasteiger charge is -2.10. The molecule has 3 N–H and O–H groups in total. The summed E-state index contributed by atoms with van der Waals surface area (Å²) in [4.78, 5) is 7.51. The molecule has 1 aromatic heterocycles. The second kappa shape index (κ2) is 7.40. The Kier molecular flexibility index (Phi) is 6.15. The first-order chi connectivity index (χ1) is 8.13. The van der Waals surface area contributed by atoms with Gasteiger partial charge in [-0.3, -0.25) is 0 Å². The number of aliphatic hydroxyl groups excluding tert-OH is 1. The van der Waals surface area contributed by atoms with Crippen LogP contribution in [0.25, 0.3) is 0 Å². The normalized spacial score (nSPS) is 10.8. The van der Waals surface area contributed by atoms with Gasteiger partial charge in [0.15, 0.2) is 0 Å². The number of rotatable bonds is 7. The molecule has 0 aromatic carbocycles. The first-order valence-electron chi connectivity index (χ1n) is 6.09. The number of anilines is 1. The number of unbranched alkanes of at least 4 members (excludes halogenated alkanes) is 2. The van der Waals surface area contributed by atoms with Gasteiger partial charge in [0.05, 0.1) is 0 Å². The van der Waals surface area contributed by atoms with Gasteiger partial charge in [0.2, 0.25) is 0 Å². The Morgan fingerprint density at radius 3 is 2.82 bits per heavy atom. The number of hydrogen-bond donors (Lipinski definition) is 3. The average Bonchev–Trinajstić information content (AvgIpc) is 2.28. The van der Waals surface area contributed by atoms with Crippen molar-refractivity contribution < 1.29 is 5.11 Å². The van der Waals surface area contributed by atoms with Crippen LogP contribution in [0.1, 0.15) is 44.9 Å². The maximum atomic E-state index is 8.67. The highest BCUT2D eigenvalue weighted by molar-refractivity contribution is 7.71. The molecule has 17 heavy (non-hydrogen) atoms. The Morgan fingerprint density at radius 2 is 2.18 bits per heavy atom. The summed E-state index contributed by atoms with van der Waals surface area (Å²) in [6, 6.07) is 1.84. The van der Waals surface area contributed by atoms with Crippen molar-refractivity contribution >= 4 is 18.0 Å². The number of aliphatic hydroxyl groups is 1. The zero-order valence-corrected chi connectivity index (χ0v) is 11.3. The molecule has 0 saturated carbocycles. The lowest BCUT2D eigenvalue weighted by Crippen LogP contribution is -2.07. The number of hydrogen-bond acceptors (Lipinski definition) is 4. The predicted molar refractivity (Wildman–Crippen MR) is 72.9 cm³/mol. The first kappa shape index (κ1) is 14.1. The van der Waals surface area contributed by atoms with Gasteiger partial charge in [0, 0.05) is 25.1 Å². The second-order valence-corrected chi connectivity index (χ2v) is 4.80. The van der Waals surface area contributed by atoms with Crippen molar-refractivity contribution in [2.45, 2.75) is 39.0 Å². The molecule has 0 aliphatic rings. The number of aromatic nitrogens is 2. The van der Waals surface area contributed by atoms with Crippen LogP contribution >= 0.6 is 12.2 Å². The minimum absolute atomic E-state index is 0.273. The maximum Gasteiger partial charge on any atom is 0.131 e. The fourth-order valence-electron chi connectivity index (χ4n) is 1.48. The number of H-pyrrole nitrogens is 1. The summed E-state index contributed by atoms with van der Waals surface area (Å²) in [7, 11) is 0. The van der Waals surface area contributed by atoms with E-state index in [1.807, 2.05) is 6.07 Å².